The molecule has 3 rings (SSSR count). The quantitative estimate of drug-likeness (QED) is 0.438. The highest BCUT2D eigenvalue weighted by atomic mass is 15.2. The molecule has 2 fully saturated rings. The summed E-state index contributed by atoms with van der Waals surface area (Å²) < 4.78 is 0. The Balaban J connectivity index is 1.51. The lowest BCUT2D eigenvalue weighted by Gasteiger charge is -2.38. The number of guanidine groups is 1. The van der Waals surface area contributed by atoms with Gasteiger partial charge in [0.15, 0.2) is 5.96 Å². The van der Waals surface area contributed by atoms with Gasteiger partial charge in [0, 0.05) is 50.3 Å². The normalized spacial score (nSPS) is 20.5. The Kier molecular flexibility index (Phi) is 7.96. The van der Waals surface area contributed by atoms with Gasteiger partial charge in [0.1, 0.15) is 0 Å². The van der Waals surface area contributed by atoms with Gasteiger partial charge in [-0.05, 0) is 51.0 Å². The minimum absolute atomic E-state index is 0.0439. The highest BCUT2D eigenvalue weighted by Crippen LogP contribution is 2.29. The molecule has 0 bridgehead atoms. The first-order valence-corrected chi connectivity index (χ1v) is 11.6. The third kappa shape index (κ3) is 6.19. The van der Waals surface area contributed by atoms with Gasteiger partial charge in [0.25, 0.3) is 0 Å². The van der Waals surface area contributed by atoms with Crippen LogP contribution in [0, 0.1) is 0 Å². The van der Waals surface area contributed by atoms with Gasteiger partial charge in [-0.3, -0.25) is 4.99 Å². The molecule has 3 N–H and O–H groups in total. The lowest BCUT2D eigenvalue weighted by Crippen LogP contribution is -2.56. The first kappa shape index (κ1) is 22.1. The standard InChI is InChI=1S/C24H41N5/c1-5-24(6-2,28-19(3)20-10-8-7-9-11-20)18-26-23(25-4)27-21-14-16-29(17-15-21)22-12-13-22/h7-11,19,21-22,28H,5-6,12-18H2,1-4H3,(H2,25,26,27). The zero-order valence-electron chi connectivity index (χ0n) is 18.9. The molecule has 162 valence electrons. The van der Waals surface area contributed by atoms with Crippen LogP contribution in [-0.2, 0) is 0 Å². The van der Waals surface area contributed by atoms with E-state index in [0.717, 1.165) is 31.4 Å². The highest BCUT2D eigenvalue weighted by Gasteiger charge is 2.32. The molecule has 1 aliphatic heterocycles. The number of nitrogens with zero attached hydrogens (tertiary/aromatic N) is 2. The van der Waals surface area contributed by atoms with E-state index in [9.17, 15) is 0 Å². The van der Waals surface area contributed by atoms with Gasteiger partial charge in [-0.1, -0.05) is 44.2 Å². The molecular formula is C24H41N5. The van der Waals surface area contributed by atoms with Crippen LogP contribution in [0.2, 0.25) is 0 Å². The van der Waals surface area contributed by atoms with Crippen molar-refractivity contribution in [3.05, 3.63) is 35.9 Å². The second-order valence-electron chi connectivity index (χ2n) is 8.88. The summed E-state index contributed by atoms with van der Waals surface area (Å²) in [6, 6.07) is 12.5. The summed E-state index contributed by atoms with van der Waals surface area (Å²) in [4.78, 5) is 7.18. The molecule has 1 aliphatic carbocycles. The zero-order chi connectivity index (χ0) is 20.7. The van der Waals surface area contributed by atoms with Crippen molar-refractivity contribution in [2.45, 2.75) is 83.0 Å². The molecule has 0 spiro atoms. The minimum atomic E-state index is 0.0439. The average molecular weight is 400 g/mol. The predicted molar refractivity (Wildman–Crippen MR) is 123 cm³/mol. The van der Waals surface area contributed by atoms with Crippen LogP contribution in [0.1, 0.15) is 70.9 Å². The van der Waals surface area contributed by atoms with Crippen molar-refractivity contribution in [1.82, 2.24) is 20.9 Å². The van der Waals surface area contributed by atoms with E-state index >= 15 is 0 Å². The number of benzene rings is 1. The van der Waals surface area contributed by atoms with Gasteiger partial charge >= 0.3 is 0 Å². The van der Waals surface area contributed by atoms with E-state index in [1.165, 1.54) is 44.3 Å². The molecule has 29 heavy (non-hydrogen) atoms. The topological polar surface area (TPSA) is 51.7 Å². The van der Waals surface area contributed by atoms with Crippen LogP contribution in [0.25, 0.3) is 0 Å². The van der Waals surface area contributed by atoms with E-state index in [-0.39, 0.29) is 5.54 Å². The second-order valence-corrected chi connectivity index (χ2v) is 8.88. The van der Waals surface area contributed by atoms with Crippen molar-refractivity contribution in [2.24, 2.45) is 4.99 Å². The molecule has 1 saturated heterocycles. The fourth-order valence-electron chi connectivity index (χ4n) is 4.53. The van der Waals surface area contributed by atoms with Gasteiger partial charge < -0.3 is 20.9 Å². The largest absolute Gasteiger partial charge is 0.355 e. The van der Waals surface area contributed by atoms with E-state index in [1.807, 2.05) is 7.05 Å². The summed E-state index contributed by atoms with van der Waals surface area (Å²) in [6.45, 7) is 10.1. The Labute approximate surface area is 177 Å². The Bertz CT molecular complexity index is 628. The van der Waals surface area contributed by atoms with Gasteiger partial charge in [-0.15, -0.1) is 0 Å². The first-order valence-electron chi connectivity index (χ1n) is 11.6. The Morgan fingerprint density at radius 3 is 2.31 bits per heavy atom. The van der Waals surface area contributed by atoms with Crippen LogP contribution < -0.4 is 16.0 Å². The lowest BCUT2D eigenvalue weighted by atomic mass is 9.90. The second kappa shape index (κ2) is 10.4. The molecule has 1 aromatic carbocycles. The number of aliphatic imine (C=N–C) groups is 1. The van der Waals surface area contributed by atoms with Crippen LogP contribution in [0.5, 0.6) is 0 Å². The van der Waals surface area contributed by atoms with E-state index in [4.69, 9.17) is 0 Å². The van der Waals surface area contributed by atoms with Gasteiger partial charge in [-0.2, -0.15) is 0 Å². The van der Waals surface area contributed by atoms with Crippen molar-refractivity contribution in [2.75, 3.05) is 26.7 Å². The molecule has 0 aromatic heterocycles. The smallest absolute Gasteiger partial charge is 0.191 e. The Hall–Kier alpha value is -1.59. The molecule has 5 nitrogen and oxygen atoms in total. The fourth-order valence-corrected chi connectivity index (χ4v) is 4.53. The van der Waals surface area contributed by atoms with Crippen molar-refractivity contribution < 1.29 is 0 Å². The average Bonchev–Trinajstić information content (AvgIpc) is 3.62. The summed E-state index contributed by atoms with van der Waals surface area (Å²) in [5.41, 5.74) is 1.38. The number of rotatable bonds is 9. The molecule has 1 heterocycles. The minimum Gasteiger partial charge on any atom is -0.355 e. The highest BCUT2D eigenvalue weighted by molar-refractivity contribution is 5.80. The van der Waals surface area contributed by atoms with Crippen LogP contribution >= 0.6 is 0 Å². The summed E-state index contributed by atoms with van der Waals surface area (Å²) in [6.07, 6.45) is 7.40. The molecule has 1 unspecified atom stereocenters. The summed E-state index contributed by atoms with van der Waals surface area (Å²) in [7, 11) is 1.88. The molecule has 0 amide bonds. The van der Waals surface area contributed by atoms with Crippen molar-refractivity contribution >= 4 is 5.96 Å². The van der Waals surface area contributed by atoms with Crippen molar-refractivity contribution in [1.29, 1.82) is 0 Å². The van der Waals surface area contributed by atoms with Crippen LogP contribution in [0.15, 0.2) is 35.3 Å². The predicted octanol–water partition coefficient (Wildman–Crippen LogP) is 3.69. The molecular weight excluding hydrogens is 358 g/mol. The zero-order valence-corrected chi connectivity index (χ0v) is 18.9. The maximum atomic E-state index is 4.51. The molecule has 0 radical (unpaired) electrons. The summed E-state index contributed by atoms with van der Waals surface area (Å²) >= 11 is 0. The molecule has 1 atom stereocenters. The molecule has 1 aromatic rings. The van der Waals surface area contributed by atoms with Crippen molar-refractivity contribution in [3.63, 3.8) is 0 Å². The number of likely N-dealkylation sites (tertiary alicyclic amines) is 1. The summed E-state index contributed by atoms with van der Waals surface area (Å²) in [5.74, 6) is 0.940. The Morgan fingerprint density at radius 2 is 1.76 bits per heavy atom. The van der Waals surface area contributed by atoms with E-state index in [2.05, 4.69) is 76.9 Å². The van der Waals surface area contributed by atoms with Crippen LogP contribution in [0.4, 0.5) is 0 Å². The Morgan fingerprint density at radius 1 is 1.10 bits per heavy atom. The third-order valence-corrected chi connectivity index (χ3v) is 6.93. The number of nitrogens with one attached hydrogen (secondary N) is 3. The van der Waals surface area contributed by atoms with E-state index < -0.39 is 0 Å². The lowest BCUT2D eigenvalue weighted by molar-refractivity contribution is 0.197. The van der Waals surface area contributed by atoms with Gasteiger partial charge in [0.05, 0.1) is 0 Å². The number of hydrogen-bond acceptors (Lipinski definition) is 3. The SMILES string of the molecule is CCC(CC)(CNC(=NC)NC1CCN(C2CC2)CC1)NC(C)c1ccccc1. The maximum absolute atomic E-state index is 4.51. The maximum Gasteiger partial charge on any atom is 0.191 e. The molecule has 2 aliphatic rings. The first-order chi connectivity index (χ1) is 14.1. The monoisotopic (exact) mass is 399 g/mol. The van der Waals surface area contributed by atoms with Gasteiger partial charge in [-0.25, -0.2) is 0 Å². The van der Waals surface area contributed by atoms with Gasteiger partial charge in [0.2, 0.25) is 0 Å². The van der Waals surface area contributed by atoms with E-state index in [0.29, 0.717) is 12.1 Å². The fraction of sp³-hybridized carbons (Fsp3) is 0.708. The number of piperidine rings is 1. The van der Waals surface area contributed by atoms with Crippen LogP contribution in [-0.4, -0.2) is 55.2 Å². The molecule has 1 saturated carbocycles. The van der Waals surface area contributed by atoms with Crippen LogP contribution in [0.3, 0.4) is 0 Å². The van der Waals surface area contributed by atoms with Crippen molar-refractivity contribution in [3.8, 4) is 0 Å². The van der Waals surface area contributed by atoms with E-state index in [1.54, 1.807) is 0 Å². The number of hydrogen-bond donors (Lipinski definition) is 3. The summed E-state index contributed by atoms with van der Waals surface area (Å²) in [5, 5.41) is 11.2. The molecule has 5 heteroatoms. The third-order valence-electron chi connectivity index (χ3n) is 6.93.